The van der Waals surface area contributed by atoms with Crippen LogP contribution in [0.15, 0.2) is 43.0 Å². The highest BCUT2D eigenvalue weighted by Crippen LogP contribution is 2.26. The zero-order valence-corrected chi connectivity index (χ0v) is 17.0. The molecule has 0 atom stereocenters. The molecule has 1 amide bonds. The molecule has 0 spiro atoms. The number of nitrogens with one attached hydrogen (secondary N) is 2. The van der Waals surface area contributed by atoms with Gasteiger partial charge >= 0.3 is 6.18 Å². The number of ether oxygens (including phenoxy) is 1. The number of amides is 1. The highest BCUT2D eigenvalue weighted by Gasteiger charge is 2.29. The lowest BCUT2D eigenvalue weighted by atomic mass is 10.2. The van der Waals surface area contributed by atoms with Gasteiger partial charge in [-0.2, -0.15) is 18.3 Å². The van der Waals surface area contributed by atoms with E-state index in [1.807, 2.05) is 0 Å². The van der Waals surface area contributed by atoms with Gasteiger partial charge in [0.1, 0.15) is 0 Å². The zero-order chi connectivity index (χ0) is 23.8. The Labute approximate surface area is 183 Å². The minimum atomic E-state index is -4.46. The van der Waals surface area contributed by atoms with E-state index in [0.29, 0.717) is 22.0 Å². The van der Waals surface area contributed by atoms with Crippen molar-refractivity contribution in [2.45, 2.75) is 19.6 Å². The van der Waals surface area contributed by atoms with E-state index in [1.54, 1.807) is 13.0 Å². The van der Waals surface area contributed by atoms with Gasteiger partial charge in [-0.3, -0.25) is 9.48 Å². The van der Waals surface area contributed by atoms with E-state index in [2.05, 4.69) is 25.1 Å². The van der Waals surface area contributed by atoms with E-state index >= 15 is 0 Å². The lowest BCUT2D eigenvalue weighted by molar-refractivity contribution is -0.154. The van der Waals surface area contributed by atoms with Gasteiger partial charge < -0.3 is 15.0 Å². The summed E-state index contributed by atoms with van der Waals surface area (Å²) in [4.78, 5) is 19.2. The number of aryl methyl sites for hydroxylation is 1. The second-order valence-electron chi connectivity index (χ2n) is 7.26. The van der Waals surface area contributed by atoms with Crippen molar-refractivity contribution in [2.75, 3.05) is 11.9 Å². The van der Waals surface area contributed by atoms with E-state index in [9.17, 15) is 26.7 Å². The van der Waals surface area contributed by atoms with Crippen LogP contribution in [-0.2, 0) is 6.54 Å². The number of fused-ring (bicyclic) bond motifs is 1. The van der Waals surface area contributed by atoms with Gasteiger partial charge in [0.25, 0.3) is 5.91 Å². The van der Waals surface area contributed by atoms with Crippen LogP contribution in [0.25, 0.3) is 10.9 Å². The Balaban J connectivity index is 1.43. The number of hydrogen-bond acceptors (Lipinski definition) is 4. The van der Waals surface area contributed by atoms with Crippen LogP contribution in [0, 0.1) is 18.6 Å². The molecule has 2 N–H and O–H groups in total. The highest BCUT2D eigenvalue weighted by molar-refractivity contribution is 6.08. The molecule has 3 aromatic heterocycles. The third kappa shape index (κ3) is 5.10. The minimum absolute atomic E-state index is 0.119. The molecule has 12 heteroatoms. The van der Waals surface area contributed by atoms with E-state index in [1.165, 1.54) is 29.5 Å². The molecule has 0 radical (unpaired) electrons. The maximum absolute atomic E-state index is 13.5. The summed E-state index contributed by atoms with van der Waals surface area (Å²) in [7, 11) is 0. The van der Waals surface area contributed by atoms with Crippen LogP contribution in [0.5, 0.6) is 5.88 Å². The number of benzene rings is 1. The fraction of sp³-hybridized carbons (Fsp3) is 0.190. The molecule has 0 saturated heterocycles. The molecule has 0 bridgehead atoms. The fourth-order valence-electron chi connectivity index (χ4n) is 3.18. The summed E-state index contributed by atoms with van der Waals surface area (Å²) >= 11 is 0. The van der Waals surface area contributed by atoms with Crippen molar-refractivity contribution in [3.05, 3.63) is 71.3 Å². The first-order valence-corrected chi connectivity index (χ1v) is 9.54. The summed E-state index contributed by atoms with van der Waals surface area (Å²) in [6.45, 7) is 0.341. The van der Waals surface area contributed by atoms with Gasteiger partial charge in [-0.25, -0.2) is 13.8 Å². The molecule has 3 heterocycles. The van der Waals surface area contributed by atoms with Gasteiger partial charge in [0.2, 0.25) is 5.88 Å². The van der Waals surface area contributed by atoms with Crippen LogP contribution in [0.2, 0.25) is 0 Å². The van der Waals surface area contributed by atoms with E-state index < -0.39 is 30.3 Å². The molecular formula is C21H16F5N5O2. The largest absolute Gasteiger partial charge is 0.468 e. The number of pyridine rings is 1. The van der Waals surface area contributed by atoms with E-state index in [-0.39, 0.29) is 23.7 Å². The summed E-state index contributed by atoms with van der Waals surface area (Å²) in [6.07, 6.45) is 1.11. The van der Waals surface area contributed by atoms with Crippen LogP contribution < -0.4 is 10.1 Å². The number of rotatable bonds is 6. The second-order valence-corrected chi connectivity index (χ2v) is 7.26. The Morgan fingerprint density at radius 2 is 1.94 bits per heavy atom. The summed E-state index contributed by atoms with van der Waals surface area (Å²) in [5.41, 5.74) is 1.86. The lowest BCUT2D eigenvalue weighted by Crippen LogP contribution is -2.20. The Morgan fingerprint density at radius 3 is 2.67 bits per heavy atom. The predicted octanol–water partition coefficient (Wildman–Crippen LogP) is 4.59. The topological polar surface area (TPSA) is 84.8 Å². The molecule has 1 aromatic carbocycles. The first-order valence-electron chi connectivity index (χ1n) is 9.54. The molecular weight excluding hydrogens is 449 g/mol. The Kier molecular flexibility index (Phi) is 5.75. The number of alkyl halides is 3. The van der Waals surface area contributed by atoms with Crippen molar-refractivity contribution >= 4 is 22.5 Å². The van der Waals surface area contributed by atoms with Crippen molar-refractivity contribution in [1.29, 1.82) is 0 Å². The van der Waals surface area contributed by atoms with Gasteiger partial charge in [0.05, 0.1) is 29.5 Å². The van der Waals surface area contributed by atoms with Crippen LogP contribution in [-0.4, -0.2) is 38.4 Å². The number of aromatic nitrogens is 4. The standard InChI is InChI=1S/C21H16F5N5O2/c1-11-2-12(5-28-20(11)33-10-21(24,25)26)8-31-9-13(6-29-31)19(32)30-18-7-27-17-4-16(23)15(22)3-14(17)18/h2-7,9,27H,8,10H2,1H3,(H,30,32). The lowest BCUT2D eigenvalue weighted by Gasteiger charge is -2.11. The van der Waals surface area contributed by atoms with Crippen molar-refractivity contribution in [3.63, 3.8) is 0 Å². The monoisotopic (exact) mass is 465 g/mol. The third-order valence-corrected chi connectivity index (χ3v) is 4.67. The average Bonchev–Trinajstić information content (AvgIpc) is 3.35. The molecule has 0 saturated carbocycles. The Bertz CT molecular complexity index is 1330. The molecule has 4 rings (SSSR count). The van der Waals surface area contributed by atoms with E-state index in [0.717, 1.165) is 12.1 Å². The highest BCUT2D eigenvalue weighted by atomic mass is 19.4. The normalized spacial score (nSPS) is 11.7. The number of halogens is 5. The smallest absolute Gasteiger partial charge is 0.422 e. The summed E-state index contributed by atoms with van der Waals surface area (Å²) in [6, 6.07) is 3.59. The van der Waals surface area contributed by atoms with Crippen LogP contribution in [0.1, 0.15) is 21.5 Å². The molecule has 7 nitrogen and oxygen atoms in total. The third-order valence-electron chi connectivity index (χ3n) is 4.67. The number of carbonyl (C=O) groups is 1. The van der Waals surface area contributed by atoms with Crippen LogP contribution >= 0.6 is 0 Å². The first-order chi connectivity index (χ1) is 15.6. The Hall–Kier alpha value is -3.96. The summed E-state index contributed by atoms with van der Waals surface area (Å²) in [5, 5.41) is 7.02. The maximum atomic E-state index is 13.5. The van der Waals surface area contributed by atoms with Gasteiger partial charge in [-0.05, 0) is 24.6 Å². The molecule has 4 aromatic rings. The van der Waals surface area contributed by atoms with Crippen molar-refractivity contribution in [3.8, 4) is 5.88 Å². The number of H-pyrrole nitrogens is 1. The quantitative estimate of drug-likeness (QED) is 0.408. The second kappa shape index (κ2) is 8.52. The molecule has 0 aliphatic carbocycles. The molecule has 0 unspecified atom stereocenters. The van der Waals surface area contributed by atoms with Crippen LogP contribution in [0.4, 0.5) is 27.6 Å². The van der Waals surface area contributed by atoms with Crippen molar-refractivity contribution in [1.82, 2.24) is 19.7 Å². The summed E-state index contributed by atoms with van der Waals surface area (Å²) < 4.78 is 69.9. The molecule has 0 aliphatic rings. The Morgan fingerprint density at radius 1 is 1.18 bits per heavy atom. The van der Waals surface area contributed by atoms with E-state index in [4.69, 9.17) is 0 Å². The summed E-state index contributed by atoms with van der Waals surface area (Å²) in [5.74, 6) is -2.68. The molecule has 33 heavy (non-hydrogen) atoms. The number of carbonyl (C=O) groups excluding carboxylic acids is 1. The zero-order valence-electron chi connectivity index (χ0n) is 17.0. The number of anilines is 1. The number of hydrogen-bond donors (Lipinski definition) is 2. The SMILES string of the molecule is Cc1cc(Cn2cc(C(=O)Nc3c[nH]c4cc(F)c(F)cc34)cn2)cnc1OCC(F)(F)F. The molecule has 0 fully saturated rings. The minimum Gasteiger partial charge on any atom is -0.468 e. The molecule has 0 aliphatic heterocycles. The van der Waals surface area contributed by atoms with Gasteiger partial charge in [-0.15, -0.1) is 0 Å². The van der Waals surface area contributed by atoms with Gasteiger partial charge in [0, 0.05) is 35.6 Å². The fourth-order valence-corrected chi connectivity index (χ4v) is 3.18. The molecule has 172 valence electrons. The van der Waals surface area contributed by atoms with Gasteiger partial charge in [-0.1, -0.05) is 0 Å². The number of aromatic amines is 1. The maximum Gasteiger partial charge on any atom is 0.422 e. The van der Waals surface area contributed by atoms with Crippen molar-refractivity contribution < 1.29 is 31.5 Å². The number of nitrogens with zero attached hydrogens (tertiary/aromatic N) is 3. The first kappa shape index (κ1) is 22.2. The van der Waals surface area contributed by atoms with Gasteiger partial charge in [0.15, 0.2) is 18.2 Å². The van der Waals surface area contributed by atoms with Crippen molar-refractivity contribution in [2.24, 2.45) is 0 Å². The predicted molar refractivity (Wildman–Crippen MR) is 108 cm³/mol. The van der Waals surface area contributed by atoms with Crippen LogP contribution in [0.3, 0.4) is 0 Å². The average molecular weight is 465 g/mol.